The van der Waals surface area contributed by atoms with Crippen LogP contribution in [0.5, 0.6) is 0 Å². The smallest absolute Gasteiger partial charge is 0.252 e. The van der Waals surface area contributed by atoms with Gasteiger partial charge in [-0.25, -0.2) is 4.98 Å². The van der Waals surface area contributed by atoms with E-state index in [0.29, 0.717) is 23.2 Å². The number of aromatic nitrogens is 1. The third-order valence-electron chi connectivity index (χ3n) is 6.39. The first-order valence-corrected chi connectivity index (χ1v) is 10.6. The highest BCUT2D eigenvalue weighted by Crippen LogP contribution is 2.30. The Kier molecular flexibility index (Phi) is 5.52. The molecule has 0 radical (unpaired) electrons. The Morgan fingerprint density at radius 2 is 1.79 bits per heavy atom. The van der Waals surface area contributed by atoms with Crippen molar-refractivity contribution in [1.29, 1.82) is 0 Å². The maximum absolute atomic E-state index is 13.3. The number of aryl methyl sites for hydroxylation is 1. The highest BCUT2D eigenvalue weighted by Gasteiger charge is 2.29. The minimum absolute atomic E-state index is 0.0117. The maximum atomic E-state index is 13.3. The molecule has 0 saturated heterocycles. The number of amides is 1. The van der Waals surface area contributed by atoms with E-state index in [-0.39, 0.29) is 11.9 Å². The lowest BCUT2D eigenvalue weighted by atomic mass is 9.78. The highest BCUT2D eigenvalue weighted by atomic mass is 16.1. The largest absolute Gasteiger partial charge is 0.349 e. The Balaban J connectivity index is 1.67. The molecule has 4 heteroatoms. The lowest BCUT2D eigenvalue weighted by Gasteiger charge is -2.34. The van der Waals surface area contributed by atoms with Crippen LogP contribution in [0.4, 0.5) is 11.5 Å². The molecule has 3 atom stereocenters. The molecular weight excluding hydrogens is 358 g/mol. The predicted molar refractivity (Wildman–Crippen MR) is 120 cm³/mol. The third-order valence-corrected chi connectivity index (χ3v) is 6.39. The highest BCUT2D eigenvalue weighted by molar-refractivity contribution is 6.07. The summed E-state index contributed by atoms with van der Waals surface area (Å²) < 4.78 is 0. The first-order valence-electron chi connectivity index (χ1n) is 10.6. The van der Waals surface area contributed by atoms with Gasteiger partial charge in [-0.1, -0.05) is 63.1 Å². The summed E-state index contributed by atoms with van der Waals surface area (Å²) in [5.41, 5.74) is 3.63. The van der Waals surface area contributed by atoms with E-state index in [1.807, 2.05) is 48.5 Å². The van der Waals surface area contributed by atoms with Gasteiger partial charge < -0.3 is 10.6 Å². The normalized spacial score (nSPS) is 21.7. The molecule has 2 N–H and O–H groups in total. The SMILES string of the molecule is Cc1ccccc1Nc1cc(C(=O)N[C@@H]2CCC[C@H](C)[C@@H]2C)c2ccccc2n1. The van der Waals surface area contributed by atoms with Crippen molar-refractivity contribution < 1.29 is 4.79 Å². The molecule has 1 amide bonds. The number of hydrogen-bond donors (Lipinski definition) is 2. The molecule has 0 aliphatic heterocycles. The van der Waals surface area contributed by atoms with Crippen LogP contribution >= 0.6 is 0 Å². The van der Waals surface area contributed by atoms with Gasteiger partial charge in [0.15, 0.2) is 0 Å². The van der Waals surface area contributed by atoms with Gasteiger partial charge in [0.05, 0.1) is 11.1 Å². The minimum atomic E-state index is -0.0117. The Bertz CT molecular complexity index is 1030. The fourth-order valence-electron chi connectivity index (χ4n) is 4.31. The zero-order chi connectivity index (χ0) is 20.4. The zero-order valence-corrected chi connectivity index (χ0v) is 17.4. The summed E-state index contributed by atoms with van der Waals surface area (Å²) in [5, 5.41) is 7.59. The van der Waals surface area contributed by atoms with Crippen LogP contribution in [-0.2, 0) is 0 Å². The van der Waals surface area contributed by atoms with Crippen molar-refractivity contribution in [2.75, 3.05) is 5.32 Å². The number of pyridine rings is 1. The van der Waals surface area contributed by atoms with Crippen molar-refractivity contribution in [3.05, 3.63) is 65.7 Å². The molecule has 0 spiro atoms. The number of carbonyl (C=O) groups is 1. The second kappa shape index (κ2) is 8.24. The van der Waals surface area contributed by atoms with E-state index >= 15 is 0 Å². The van der Waals surface area contributed by atoms with Crippen LogP contribution in [0.25, 0.3) is 10.9 Å². The van der Waals surface area contributed by atoms with Crippen LogP contribution < -0.4 is 10.6 Å². The summed E-state index contributed by atoms with van der Waals surface area (Å²) >= 11 is 0. The molecule has 0 unspecified atom stereocenters. The number of rotatable bonds is 4. The van der Waals surface area contributed by atoms with E-state index in [2.05, 4.69) is 37.5 Å². The van der Waals surface area contributed by atoms with Gasteiger partial charge in [0.1, 0.15) is 5.82 Å². The fraction of sp³-hybridized carbons (Fsp3) is 0.360. The Morgan fingerprint density at radius 3 is 2.62 bits per heavy atom. The number of benzene rings is 2. The summed E-state index contributed by atoms with van der Waals surface area (Å²) in [6.45, 7) is 6.60. The van der Waals surface area contributed by atoms with Crippen LogP contribution in [0.15, 0.2) is 54.6 Å². The Labute approximate surface area is 172 Å². The zero-order valence-electron chi connectivity index (χ0n) is 17.4. The van der Waals surface area contributed by atoms with E-state index in [0.717, 1.165) is 28.6 Å². The van der Waals surface area contributed by atoms with Crippen molar-refractivity contribution in [2.45, 2.75) is 46.1 Å². The van der Waals surface area contributed by atoms with Crippen LogP contribution in [-0.4, -0.2) is 16.9 Å². The molecule has 1 saturated carbocycles. The van der Waals surface area contributed by atoms with Gasteiger partial charge in [-0.05, 0) is 48.9 Å². The standard InChI is InChI=1S/C25H29N3O/c1-16-10-8-14-22(18(16)3)28-25(29)20-15-24(26-21-12-6-4-9-17(21)2)27-23-13-7-5-11-19(20)23/h4-7,9,11-13,15-16,18,22H,8,10,14H2,1-3H3,(H,26,27)(H,28,29)/t16-,18-,22+/m0/s1. The fourth-order valence-corrected chi connectivity index (χ4v) is 4.31. The van der Waals surface area contributed by atoms with Crippen LogP contribution in [0.3, 0.4) is 0 Å². The second-order valence-corrected chi connectivity index (χ2v) is 8.36. The molecule has 150 valence electrons. The lowest BCUT2D eigenvalue weighted by Crippen LogP contribution is -2.43. The second-order valence-electron chi connectivity index (χ2n) is 8.36. The van der Waals surface area contributed by atoms with Crippen LogP contribution in [0.2, 0.25) is 0 Å². The van der Waals surface area contributed by atoms with E-state index in [1.165, 1.54) is 12.8 Å². The van der Waals surface area contributed by atoms with Gasteiger partial charge >= 0.3 is 0 Å². The molecular formula is C25H29N3O. The van der Waals surface area contributed by atoms with Crippen molar-refractivity contribution in [2.24, 2.45) is 11.8 Å². The maximum Gasteiger partial charge on any atom is 0.252 e. The monoisotopic (exact) mass is 387 g/mol. The van der Waals surface area contributed by atoms with Gasteiger partial charge in [0.2, 0.25) is 0 Å². The number of carbonyl (C=O) groups excluding carboxylic acids is 1. The van der Waals surface area contributed by atoms with Gasteiger partial charge in [-0.3, -0.25) is 4.79 Å². The molecule has 4 nitrogen and oxygen atoms in total. The van der Waals surface area contributed by atoms with E-state index in [1.54, 1.807) is 0 Å². The molecule has 1 aliphatic rings. The van der Waals surface area contributed by atoms with Crippen LogP contribution in [0, 0.1) is 18.8 Å². The molecule has 29 heavy (non-hydrogen) atoms. The van der Waals surface area contributed by atoms with Gasteiger partial charge in [-0.15, -0.1) is 0 Å². The van der Waals surface area contributed by atoms with Gasteiger partial charge in [0, 0.05) is 17.1 Å². The molecule has 1 heterocycles. The predicted octanol–water partition coefficient (Wildman–Crippen LogP) is 5.84. The summed E-state index contributed by atoms with van der Waals surface area (Å²) in [6.07, 6.45) is 3.47. The molecule has 1 aromatic heterocycles. The average Bonchev–Trinajstić information content (AvgIpc) is 2.72. The Hall–Kier alpha value is -2.88. The molecule has 2 aromatic carbocycles. The van der Waals surface area contributed by atoms with Crippen LogP contribution in [0.1, 0.15) is 49.0 Å². The first kappa shape index (κ1) is 19.4. The number of hydrogen-bond acceptors (Lipinski definition) is 3. The molecule has 1 fully saturated rings. The van der Waals surface area contributed by atoms with Crippen molar-refractivity contribution in [3.63, 3.8) is 0 Å². The lowest BCUT2D eigenvalue weighted by molar-refractivity contribution is 0.0892. The van der Waals surface area contributed by atoms with Gasteiger partial charge in [0.25, 0.3) is 5.91 Å². The van der Waals surface area contributed by atoms with Gasteiger partial charge in [-0.2, -0.15) is 0 Å². The summed E-state index contributed by atoms with van der Waals surface area (Å²) in [7, 11) is 0. The van der Waals surface area contributed by atoms with E-state index < -0.39 is 0 Å². The Morgan fingerprint density at radius 1 is 1.03 bits per heavy atom. The number of nitrogens with one attached hydrogen (secondary N) is 2. The van der Waals surface area contributed by atoms with Crippen molar-refractivity contribution >= 4 is 28.3 Å². The summed E-state index contributed by atoms with van der Waals surface area (Å²) in [6, 6.07) is 18.0. The van der Waals surface area contributed by atoms with Crippen molar-refractivity contribution in [1.82, 2.24) is 10.3 Å². The number of fused-ring (bicyclic) bond motifs is 1. The average molecular weight is 388 g/mol. The first-order chi connectivity index (χ1) is 14.0. The molecule has 0 bridgehead atoms. The minimum Gasteiger partial charge on any atom is -0.349 e. The van der Waals surface area contributed by atoms with Crippen molar-refractivity contribution in [3.8, 4) is 0 Å². The quantitative estimate of drug-likeness (QED) is 0.591. The number of anilines is 2. The number of nitrogens with zero attached hydrogens (tertiary/aromatic N) is 1. The molecule has 3 aromatic rings. The number of para-hydroxylation sites is 2. The third kappa shape index (κ3) is 4.12. The topological polar surface area (TPSA) is 54.0 Å². The molecule has 1 aliphatic carbocycles. The van der Waals surface area contributed by atoms with E-state index in [4.69, 9.17) is 4.98 Å². The molecule has 4 rings (SSSR count). The van der Waals surface area contributed by atoms with E-state index in [9.17, 15) is 4.79 Å². The summed E-state index contributed by atoms with van der Waals surface area (Å²) in [5.74, 6) is 1.81. The summed E-state index contributed by atoms with van der Waals surface area (Å²) in [4.78, 5) is 18.0.